The van der Waals surface area contributed by atoms with Crippen molar-refractivity contribution in [2.45, 2.75) is 58.4 Å². The van der Waals surface area contributed by atoms with Gasteiger partial charge >= 0.3 is 0 Å². The Kier molecular flexibility index (Phi) is 4.99. The van der Waals surface area contributed by atoms with Gasteiger partial charge in [0.25, 0.3) is 0 Å². The molecule has 0 heterocycles. The van der Waals surface area contributed by atoms with Gasteiger partial charge in [-0.1, -0.05) is 20.3 Å². The summed E-state index contributed by atoms with van der Waals surface area (Å²) in [5, 5.41) is 0. The van der Waals surface area contributed by atoms with Crippen LogP contribution in [0.5, 0.6) is 0 Å². The first-order valence-electron chi connectivity index (χ1n) is 5.99. The van der Waals surface area contributed by atoms with E-state index in [9.17, 15) is 4.79 Å². The minimum atomic E-state index is 0.537. The highest BCUT2D eigenvalue weighted by molar-refractivity contribution is 5.47. The second kappa shape index (κ2) is 6.05. The Hall–Kier alpha value is -0.530. The molecule has 1 aliphatic carbocycles. The molecular weight excluding hydrogens is 174 g/mol. The van der Waals surface area contributed by atoms with E-state index in [0.29, 0.717) is 6.04 Å². The molecule has 0 unspecified atom stereocenters. The number of hydrogen-bond acceptors (Lipinski definition) is 1. The minimum absolute atomic E-state index is 0.537. The zero-order valence-electron chi connectivity index (χ0n) is 9.54. The van der Waals surface area contributed by atoms with Crippen LogP contribution < -0.4 is 0 Å². The summed E-state index contributed by atoms with van der Waals surface area (Å²) in [5.74, 6) is 0.867. The van der Waals surface area contributed by atoms with Gasteiger partial charge in [-0.3, -0.25) is 4.79 Å². The van der Waals surface area contributed by atoms with E-state index in [4.69, 9.17) is 0 Å². The minimum Gasteiger partial charge on any atom is -0.342 e. The molecule has 1 fully saturated rings. The molecule has 0 aromatic heterocycles. The summed E-state index contributed by atoms with van der Waals surface area (Å²) >= 11 is 0. The van der Waals surface area contributed by atoms with Gasteiger partial charge in [0.1, 0.15) is 0 Å². The molecule has 0 spiro atoms. The highest BCUT2D eigenvalue weighted by Gasteiger charge is 2.22. The molecule has 0 N–H and O–H groups in total. The lowest BCUT2D eigenvalue weighted by Gasteiger charge is -2.33. The monoisotopic (exact) mass is 197 g/mol. The molecule has 0 aliphatic heterocycles. The summed E-state index contributed by atoms with van der Waals surface area (Å²) in [7, 11) is 0. The van der Waals surface area contributed by atoms with Crippen molar-refractivity contribution in [1.82, 2.24) is 4.90 Å². The van der Waals surface area contributed by atoms with Crippen molar-refractivity contribution in [3.05, 3.63) is 0 Å². The second-order valence-electron chi connectivity index (χ2n) is 4.61. The number of nitrogens with zero attached hydrogens (tertiary/aromatic N) is 1. The van der Waals surface area contributed by atoms with E-state index in [1.807, 2.05) is 4.90 Å². The fourth-order valence-corrected chi connectivity index (χ4v) is 2.24. The molecule has 0 atom stereocenters. The first-order valence-corrected chi connectivity index (χ1v) is 5.99. The third-order valence-corrected chi connectivity index (χ3v) is 3.36. The number of carbonyl (C=O) groups excluding carboxylic acids is 1. The molecule has 2 nitrogen and oxygen atoms in total. The van der Waals surface area contributed by atoms with Crippen LogP contribution in [0.15, 0.2) is 0 Å². The van der Waals surface area contributed by atoms with E-state index in [-0.39, 0.29) is 0 Å². The summed E-state index contributed by atoms with van der Waals surface area (Å²) in [6.07, 6.45) is 8.38. The Labute approximate surface area is 87.7 Å². The van der Waals surface area contributed by atoms with E-state index in [1.165, 1.54) is 32.1 Å². The van der Waals surface area contributed by atoms with Crippen LogP contribution in [0, 0.1) is 5.92 Å². The van der Waals surface area contributed by atoms with E-state index in [0.717, 1.165) is 25.3 Å². The maximum Gasteiger partial charge on any atom is 0.209 e. The fraction of sp³-hybridized carbons (Fsp3) is 0.917. The van der Waals surface area contributed by atoms with Crippen LogP contribution in [-0.4, -0.2) is 23.9 Å². The van der Waals surface area contributed by atoms with Crippen LogP contribution in [0.3, 0.4) is 0 Å². The smallest absolute Gasteiger partial charge is 0.209 e. The second-order valence-corrected chi connectivity index (χ2v) is 4.61. The molecule has 0 aromatic carbocycles. The van der Waals surface area contributed by atoms with Crippen LogP contribution >= 0.6 is 0 Å². The summed E-state index contributed by atoms with van der Waals surface area (Å²) in [6.45, 7) is 5.44. The number of carbonyl (C=O) groups is 1. The third kappa shape index (κ3) is 3.32. The Morgan fingerprint density at radius 1 is 1.29 bits per heavy atom. The van der Waals surface area contributed by atoms with Gasteiger partial charge in [-0.2, -0.15) is 0 Å². The highest BCUT2D eigenvalue weighted by Crippen LogP contribution is 2.26. The fourth-order valence-electron chi connectivity index (χ4n) is 2.24. The van der Waals surface area contributed by atoms with Crippen LogP contribution in [0.4, 0.5) is 0 Å². The van der Waals surface area contributed by atoms with Gasteiger partial charge in [-0.05, 0) is 38.0 Å². The van der Waals surface area contributed by atoms with Crippen molar-refractivity contribution >= 4 is 6.41 Å². The summed E-state index contributed by atoms with van der Waals surface area (Å²) in [5.41, 5.74) is 0. The van der Waals surface area contributed by atoms with Gasteiger partial charge in [0.15, 0.2) is 0 Å². The lowest BCUT2D eigenvalue weighted by atomic mass is 9.87. The highest BCUT2D eigenvalue weighted by atomic mass is 16.1. The first kappa shape index (κ1) is 11.5. The van der Waals surface area contributed by atoms with Gasteiger partial charge in [0.2, 0.25) is 6.41 Å². The number of hydrogen-bond donors (Lipinski definition) is 0. The van der Waals surface area contributed by atoms with Crippen molar-refractivity contribution in [2.75, 3.05) is 6.54 Å². The van der Waals surface area contributed by atoms with Gasteiger partial charge < -0.3 is 4.90 Å². The zero-order chi connectivity index (χ0) is 10.4. The van der Waals surface area contributed by atoms with Gasteiger partial charge in [-0.25, -0.2) is 0 Å². The van der Waals surface area contributed by atoms with Gasteiger partial charge in [0, 0.05) is 12.6 Å². The maximum absolute atomic E-state index is 10.9. The molecule has 0 saturated heterocycles. The molecule has 14 heavy (non-hydrogen) atoms. The molecule has 2 heteroatoms. The maximum atomic E-state index is 10.9. The van der Waals surface area contributed by atoms with Gasteiger partial charge in [-0.15, -0.1) is 0 Å². The average molecular weight is 197 g/mol. The molecular formula is C12H23NO. The van der Waals surface area contributed by atoms with Gasteiger partial charge in [0.05, 0.1) is 0 Å². The summed E-state index contributed by atoms with van der Waals surface area (Å²) in [6, 6.07) is 0.537. The summed E-state index contributed by atoms with van der Waals surface area (Å²) in [4.78, 5) is 12.9. The Morgan fingerprint density at radius 2 is 1.93 bits per heavy atom. The first-order chi connectivity index (χ1) is 6.77. The molecule has 1 saturated carbocycles. The van der Waals surface area contributed by atoms with Crippen molar-refractivity contribution < 1.29 is 4.79 Å². The average Bonchev–Trinajstić information content (AvgIpc) is 2.21. The zero-order valence-corrected chi connectivity index (χ0v) is 9.54. The third-order valence-electron chi connectivity index (χ3n) is 3.36. The predicted octanol–water partition coefficient (Wildman–Crippen LogP) is 2.82. The van der Waals surface area contributed by atoms with Crippen molar-refractivity contribution in [3.8, 4) is 0 Å². The molecule has 1 rings (SSSR count). The largest absolute Gasteiger partial charge is 0.342 e. The van der Waals surface area contributed by atoms with Crippen LogP contribution in [0.2, 0.25) is 0 Å². The normalized spacial score (nSPS) is 27.3. The molecule has 1 aliphatic rings. The Bertz CT molecular complexity index is 162. The van der Waals surface area contributed by atoms with Crippen LogP contribution in [0.25, 0.3) is 0 Å². The van der Waals surface area contributed by atoms with E-state index in [1.54, 1.807) is 0 Å². The van der Waals surface area contributed by atoms with Crippen molar-refractivity contribution in [2.24, 2.45) is 5.92 Å². The van der Waals surface area contributed by atoms with Crippen LogP contribution in [-0.2, 0) is 4.79 Å². The Morgan fingerprint density at radius 3 is 2.43 bits per heavy atom. The van der Waals surface area contributed by atoms with Crippen molar-refractivity contribution in [1.29, 1.82) is 0 Å². The lowest BCUT2D eigenvalue weighted by Crippen LogP contribution is -2.37. The quantitative estimate of drug-likeness (QED) is 0.621. The van der Waals surface area contributed by atoms with Crippen molar-refractivity contribution in [3.63, 3.8) is 0 Å². The van der Waals surface area contributed by atoms with Crippen LogP contribution in [0.1, 0.15) is 52.4 Å². The molecule has 1 amide bonds. The van der Waals surface area contributed by atoms with E-state index in [2.05, 4.69) is 13.8 Å². The SMILES string of the molecule is CCCCN(C=O)C1CCC(C)CC1. The predicted molar refractivity (Wildman–Crippen MR) is 59.1 cm³/mol. The topological polar surface area (TPSA) is 20.3 Å². The number of unbranched alkanes of at least 4 members (excludes halogenated alkanes) is 1. The summed E-state index contributed by atoms with van der Waals surface area (Å²) < 4.78 is 0. The Balaban J connectivity index is 2.32. The molecule has 0 aromatic rings. The van der Waals surface area contributed by atoms with E-state index < -0.39 is 0 Å². The molecule has 82 valence electrons. The molecule has 0 radical (unpaired) electrons. The number of amides is 1. The standard InChI is InChI=1S/C12H23NO/c1-3-4-9-13(10-14)12-7-5-11(2)6-8-12/h10-12H,3-9H2,1-2H3. The van der Waals surface area contributed by atoms with E-state index >= 15 is 0 Å². The lowest BCUT2D eigenvalue weighted by molar-refractivity contribution is -0.121. The number of rotatable bonds is 5. The molecule has 0 bridgehead atoms.